The fraction of sp³-hybridized carbons (Fsp3) is 0.0769. The van der Waals surface area contributed by atoms with Crippen molar-refractivity contribution < 1.29 is 4.74 Å². The summed E-state index contributed by atoms with van der Waals surface area (Å²) >= 11 is 0. The molecule has 4 heterocycles. The van der Waals surface area contributed by atoms with E-state index in [2.05, 4.69) is 499 Å². The highest BCUT2D eigenvalue weighted by atomic mass is 16.5. The van der Waals surface area contributed by atoms with Crippen molar-refractivity contribution >= 4 is 97.4 Å². The molecule has 4 aliphatic carbocycles. The summed E-state index contributed by atoms with van der Waals surface area (Å²) in [6.07, 6.45) is 0. The quantitative estimate of drug-likeness (QED) is 0.134. The molecule has 6 heteroatoms. The number of benzene rings is 20. The minimum atomic E-state index is -0.708. The van der Waals surface area contributed by atoms with Crippen LogP contribution in [0.1, 0.15) is 97.2 Å². The average molecular weight is 1730 g/mol. The van der Waals surface area contributed by atoms with Gasteiger partial charge in [0.1, 0.15) is 11.5 Å². The molecular formula is C130H91B2N3O. The molecule has 0 aromatic heterocycles. The third-order valence-corrected chi connectivity index (χ3v) is 31.2. The largest absolute Gasteiger partial charge is 0.458 e. The SMILES string of the molecule is CC(C)(C)c1cc(-c2ccccc2)c(N2c3ccccc3B3c4cc5c(cc4N(c4c(-c6ccccc6)cc(C(C)(C)C)cc4-c4ccccc4)c4cc(-c6cccc7c6C6(c8ccccc8-c8ccccc86)c6ccccc6-7)cc2c43)Oc2cc(-c3cccc4c3C3(c6ccccc6-c6ccccc63)c3ccccc3-4)cc3c2B5c2ccccc2N3c2ccccc2)c(-c2ccccc2)c1. The molecule has 0 fully saturated rings. The number of hydrogen-bond donors (Lipinski definition) is 0. The molecule has 136 heavy (non-hydrogen) atoms. The zero-order valence-electron chi connectivity index (χ0n) is 76.6. The van der Waals surface area contributed by atoms with Crippen LogP contribution in [0, 0.1) is 0 Å². The van der Waals surface area contributed by atoms with Crippen molar-refractivity contribution in [3.05, 3.63) is 498 Å². The third-order valence-electron chi connectivity index (χ3n) is 31.2. The third kappa shape index (κ3) is 10.9. The lowest BCUT2D eigenvalue weighted by Crippen LogP contribution is -2.64. The van der Waals surface area contributed by atoms with Gasteiger partial charge in [-0.05, 0) is 261 Å². The molecule has 4 aliphatic heterocycles. The minimum Gasteiger partial charge on any atom is -0.458 e. The smallest absolute Gasteiger partial charge is 0.256 e. The normalized spacial score (nSPS) is 14.2. The Morgan fingerprint density at radius 3 is 0.897 bits per heavy atom. The van der Waals surface area contributed by atoms with Crippen molar-refractivity contribution in [1.29, 1.82) is 0 Å². The molecule has 0 saturated carbocycles. The van der Waals surface area contributed by atoms with Gasteiger partial charge < -0.3 is 19.4 Å². The highest BCUT2D eigenvalue weighted by Crippen LogP contribution is 2.68. The fourth-order valence-corrected chi connectivity index (χ4v) is 25.5. The topological polar surface area (TPSA) is 19.0 Å². The van der Waals surface area contributed by atoms with Gasteiger partial charge in [-0.15, -0.1) is 0 Å². The van der Waals surface area contributed by atoms with Crippen LogP contribution in [0.25, 0.3) is 111 Å². The zero-order valence-corrected chi connectivity index (χ0v) is 76.6. The van der Waals surface area contributed by atoms with Gasteiger partial charge in [0, 0.05) is 68.1 Å². The molecule has 2 spiro atoms. The highest BCUT2D eigenvalue weighted by molar-refractivity contribution is 7.02. The molecule has 0 saturated heterocycles. The molecule has 4 nitrogen and oxygen atoms in total. The summed E-state index contributed by atoms with van der Waals surface area (Å²) in [5, 5.41) is 0. The van der Waals surface area contributed by atoms with Gasteiger partial charge >= 0.3 is 0 Å². The number of fused-ring (bicyclic) bond motifs is 28. The summed E-state index contributed by atoms with van der Waals surface area (Å²) in [7, 11) is 0. The number of hydrogen-bond acceptors (Lipinski definition) is 4. The molecule has 8 aliphatic rings. The zero-order chi connectivity index (χ0) is 90.3. The van der Waals surface area contributed by atoms with Crippen molar-refractivity contribution in [2.24, 2.45) is 0 Å². The van der Waals surface area contributed by atoms with Gasteiger partial charge in [-0.25, -0.2) is 0 Å². The number of anilines is 9. The number of para-hydroxylation sites is 3. The van der Waals surface area contributed by atoms with E-state index in [-0.39, 0.29) is 24.3 Å². The highest BCUT2D eigenvalue weighted by Gasteiger charge is 2.57. The van der Waals surface area contributed by atoms with E-state index in [4.69, 9.17) is 4.74 Å². The van der Waals surface area contributed by atoms with Gasteiger partial charge in [-0.1, -0.05) is 406 Å². The lowest BCUT2D eigenvalue weighted by molar-refractivity contribution is 0.488. The lowest BCUT2D eigenvalue weighted by Gasteiger charge is -2.47. The standard InChI is InChI=1S/C130H91B2N3O/c1-127(2,3)86-74-99(80-40-12-7-13-41-80)125(100(75-86)81-42-14-8-15-43-81)134-114-69-37-35-67-110(114)131-111-78-112-119(136-120-73-85(72-118-124(120)132(112)109-66-34-36-68-113(109)133(118)88-48-20-11-21-49-88)90-57-39-59-98-96-55-27-33-65-108(96)130(122(90)98)105-62-30-24-52-93(105)94-53-25-31-63-106(94)130)79-115(111)135(126-101(82-44-16-9-17-45-82)76-87(128(4,5)6)77-102(126)83-46-18-10-19-47-83)117-71-84(70-116(134)123(117)131)89-56-38-58-97-95-54-26-32-64-107(95)129(121(89)97)103-60-28-22-50-91(103)92-51-23-29-61-104(92)129/h7-79H,1-6H3. The van der Waals surface area contributed by atoms with Gasteiger partial charge in [-0.3, -0.25) is 0 Å². The van der Waals surface area contributed by atoms with Crippen LogP contribution in [0.4, 0.5) is 51.2 Å². The van der Waals surface area contributed by atoms with Crippen molar-refractivity contribution in [2.45, 2.75) is 63.2 Å². The number of nitrogens with zero attached hydrogens (tertiary/aromatic N) is 3. The van der Waals surface area contributed by atoms with Crippen LogP contribution in [0.3, 0.4) is 0 Å². The summed E-state index contributed by atoms with van der Waals surface area (Å²) in [6, 6.07) is 170. The second-order valence-electron chi connectivity index (χ2n) is 40.2. The predicted molar refractivity (Wildman–Crippen MR) is 569 cm³/mol. The monoisotopic (exact) mass is 1730 g/mol. The summed E-state index contributed by atoms with van der Waals surface area (Å²) in [6.45, 7) is 13.6. The van der Waals surface area contributed by atoms with Crippen molar-refractivity contribution in [3.63, 3.8) is 0 Å². The first-order chi connectivity index (χ1) is 66.8. The molecule has 0 unspecified atom stereocenters. The van der Waals surface area contributed by atoms with E-state index in [9.17, 15) is 0 Å². The van der Waals surface area contributed by atoms with Gasteiger partial charge in [-0.2, -0.15) is 0 Å². The maximum Gasteiger partial charge on any atom is 0.256 e. The Labute approximate surface area is 795 Å². The van der Waals surface area contributed by atoms with Crippen molar-refractivity contribution in [2.75, 3.05) is 14.7 Å². The first kappa shape index (κ1) is 78.4. The van der Waals surface area contributed by atoms with Gasteiger partial charge in [0.15, 0.2) is 0 Å². The van der Waals surface area contributed by atoms with Crippen LogP contribution in [0.2, 0.25) is 0 Å². The molecule has 0 bridgehead atoms. The number of rotatable bonds is 9. The van der Waals surface area contributed by atoms with Crippen LogP contribution < -0.4 is 52.2 Å². The van der Waals surface area contributed by atoms with E-state index >= 15 is 0 Å². The van der Waals surface area contributed by atoms with Crippen molar-refractivity contribution in [3.8, 4) is 123 Å². The molecule has 0 atom stereocenters. The van der Waals surface area contributed by atoms with Crippen LogP contribution >= 0.6 is 0 Å². The molecular weight excluding hydrogens is 1640 g/mol. The maximum atomic E-state index is 8.45. The Kier molecular flexibility index (Phi) is 16.8. The molecule has 0 radical (unpaired) electrons. The molecule has 20 aromatic rings. The van der Waals surface area contributed by atoms with Gasteiger partial charge in [0.05, 0.1) is 22.2 Å². The summed E-state index contributed by atoms with van der Waals surface area (Å²) in [4.78, 5) is 8.04. The first-order valence-corrected chi connectivity index (χ1v) is 48.1. The summed E-state index contributed by atoms with van der Waals surface area (Å²) in [5.41, 5.74) is 51.5. The summed E-state index contributed by atoms with van der Waals surface area (Å²) in [5.74, 6) is 1.64. The first-order valence-electron chi connectivity index (χ1n) is 48.1. The molecule has 0 N–H and O–H groups in total. The van der Waals surface area contributed by atoms with E-state index in [1.165, 1.54) is 133 Å². The van der Waals surface area contributed by atoms with E-state index < -0.39 is 10.8 Å². The lowest BCUT2D eigenvalue weighted by atomic mass is 9.30. The summed E-state index contributed by atoms with van der Waals surface area (Å²) < 4.78 is 8.45. The molecule has 638 valence electrons. The second kappa shape index (κ2) is 29.1. The number of ether oxygens (including phenoxy) is 1. The molecule has 28 rings (SSSR count). The van der Waals surface area contributed by atoms with Crippen LogP contribution in [0.5, 0.6) is 11.5 Å². The Balaban J connectivity index is 0.782. The van der Waals surface area contributed by atoms with Gasteiger partial charge in [0.25, 0.3) is 13.4 Å². The van der Waals surface area contributed by atoms with E-state index in [0.29, 0.717) is 0 Å². The predicted octanol–water partition coefficient (Wildman–Crippen LogP) is 29.5. The Hall–Kier alpha value is -16.3. The van der Waals surface area contributed by atoms with Gasteiger partial charge in [0.2, 0.25) is 0 Å². The minimum absolute atomic E-state index is 0.242. The second-order valence-corrected chi connectivity index (χ2v) is 40.2. The van der Waals surface area contributed by atoms with E-state index in [0.717, 1.165) is 129 Å². The fourth-order valence-electron chi connectivity index (χ4n) is 25.5. The Morgan fingerprint density at radius 1 is 0.206 bits per heavy atom. The van der Waals surface area contributed by atoms with E-state index in [1.54, 1.807) is 0 Å². The Bertz CT molecular complexity index is 8250. The van der Waals surface area contributed by atoms with Crippen LogP contribution in [0.15, 0.2) is 443 Å². The van der Waals surface area contributed by atoms with E-state index in [1.807, 2.05) is 0 Å². The van der Waals surface area contributed by atoms with Crippen molar-refractivity contribution in [1.82, 2.24) is 0 Å². The molecule has 20 aromatic carbocycles. The van der Waals surface area contributed by atoms with Crippen LogP contribution in [-0.4, -0.2) is 13.4 Å². The molecule has 0 amide bonds. The maximum absolute atomic E-state index is 8.45. The average Bonchev–Trinajstić information content (AvgIpc) is 1.28. The van der Waals surface area contributed by atoms with Crippen LogP contribution in [-0.2, 0) is 21.7 Å². The Morgan fingerprint density at radius 2 is 0.507 bits per heavy atom.